The summed E-state index contributed by atoms with van der Waals surface area (Å²) in [5.41, 5.74) is 5.28. The van der Waals surface area contributed by atoms with Crippen LogP contribution in [0.5, 0.6) is 0 Å². The van der Waals surface area contributed by atoms with Gasteiger partial charge in [-0.2, -0.15) is 18.3 Å². The monoisotopic (exact) mass is 419 g/mol. The van der Waals surface area contributed by atoms with Crippen LogP contribution >= 0.6 is 0 Å². The first-order valence-corrected chi connectivity index (χ1v) is 8.84. The van der Waals surface area contributed by atoms with Crippen LogP contribution in [0.1, 0.15) is 39.5 Å². The second-order valence-corrected chi connectivity index (χ2v) is 6.79. The molecule has 1 aliphatic rings. The number of hydrogen-bond donors (Lipinski definition) is 3. The van der Waals surface area contributed by atoms with Gasteiger partial charge in [0.05, 0.1) is 23.5 Å². The van der Waals surface area contributed by atoms with E-state index in [-0.39, 0.29) is 35.6 Å². The summed E-state index contributed by atoms with van der Waals surface area (Å²) in [7, 11) is 0. The van der Waals surface area contributed by atoms with E-state index in [0.717, 1.165) is 12.1 Å². The van der Waals surface area contributed by atoms with Gasteiger partial charge in [0.1, 0.15) is 5.69 Å². The molecule has 156 valence electrons. The van der Waals surface area contributed by atoms with Crippen LogP contribution in [0.3, 0.4) is 0 Å². The Morgan fingerprint density at radius 1 is 1.30 bits per heavy atom. The van der Waals surface area contributed by atoms with Crippen molar-refractivity contribution in [3.8, 4) is 0 Å². The molecule has 0 unspecified atom stereocenters. The van der Waals surface area contributed by atoms with Gasteiger partial charge in [0, 0.05) is 18.4 Å². The lowest BCUT2D eigenvalue weighted by atomic mass is 10.1. The maximum atomic E-state index is 13.1. The molecule has 0 bridgehead atoms. The van der Waals surface area contributed by atoms with Gasteiger partial charge in [-0.05, 0) is 31.2 Å². The van der Waals surface area contributed by atoms with Crippen LogP contribution in [0.15, 0.2) is 36.7 Å². The molecule has 3 heterocycles. The maximum Gasteiger partial charge on any atom is 0.416 e. The molecule has 1 atom stereocenters. The van der Waals surface area contributed by atoms with E-state index in [1.165, 1.54) is 34.1 Å². The highest BCUT2D eigenvalue weighted by molar-refractivity contribution is 6.12. The van der Waals surface area contributed by atoms with Gasteiger partial charge in [0.2, 0.25) is 0 Å². The number of amides is 2. The Morgan fingerprint density at radius 2 is 2.00 bits per heavy atom. The van der Waals surface area contributed by atoms with E-state index >= 15 is 0 Å². The standard InChI is InChI=1S/C18H16F3N7O2/c1-9-8-27(11-4-2-10(3-5-11)18(19,20)21)16(30)14-12(7-24-28(9)14)25-15(29)13-6-23-17(22)26-13/h2-7,9H,8H2,1H3,(H,25,29)(H3,22,23,26)/t9-/m0/s1. The van der Waals surface area contributed by atoms with Crippen LogP contribution in [-0.2, 0) is 6.18 Å². The molecule has 0 spiro atoms. The summed E-state index contributed by atoms with van der Waals surface area (Å²) in [4.78, 5) is 33.2. The van der Waals surface area contributed by atoms with E-state index < -0.39 is 23.6 Å². The number of aromatic nitrogens is 4. The van der Waals surface area contributed by atoms with Gasteiger partial charge in [0.25, 0.3) is 11.8 Å². The van der Waals surface area contributed by atoms with Crippen LogP contribution < -0.4 is 16.0 Å². The lowest BCUT2D eigenvalue weighted by Crippen LogP contribution is -2.43. The number of halogens is 3. The summed E-state index contributed by atoms with van der Waals surface area (Å²) in [6.45, 7) is 2.02. The van der Waals surface area contributed by atoms with Gasteiger partial charge in [-0.1, -0.05) is 0 Å². The molecule has 12 heteroatoms. The van der Waals surface area contributed by atoms with Crippen molar-refractivity contribution in [1.82, 2.24) is 19.7 Å². The van der Waals surface area contributed by atoms with Gasteiger partial charge in [-0.15, -0.1) is 0 Å². The molecular weight excluding hydrogens is 403 g/mol. The van der Waals surface area contributed by atoms with E-state index in [1.807, 2.05) is 0 Å². The normalized spacial score (nSPS) is 16.5. The number of fused-ring (bicyclic) bond motifs is 1. The highest BCUT2D eigenvalue weighted by Crippen LogP contribution is 2.33. The molecule has 0 saturated carbocycles. The first-order valence-electron chi connectivity index (χ1n) is 8.84. The molecule has 0 saturated heterocycles. The number of H-pyrrole nitrogens is 1. The Kier molecular flexibility index (Phi) is 4.48. The Balaban J connectivity index is 1.63. The lowest BCUT2D eigenvalue weighted by Gasteiger charge is -2.32. The number of alkyl halides is 3. The second-order valence-electron chi connectivity index (χ2n) is 6.79. The summed E-state index contributed by atoms with van der Waals surface area (Å²) >= 11 is 0. The van der Waals surface area contributed by atoms with Gasteiger partial charge in [-0.25, -0.2) is 4.98 Å². The molecule has 2 amide bonds. The average molecular weight is 419 g/mol. The van der Waals surface area contributed by atoms with Gasteiger partial charge in [-0.3, -0.25) is 14.3 Å². The van der Waals surface area contributed by atoms with E-state index in [9.17, 15) is 22.8 Å². The Hall–Kier alpha value is -3.83. The Labute approximate surface area is 167 Å². The molecule has 4 rings (SSSR count). The molecule has 0 fully saturated rings. The molecule has 4 N–H and O–H groups in total. The van der Waals surface area contributed by atoms with E-state index in [2.05, 4.69) is 20.4 Å². The third-order valence-electron chi connectivity index (χ3n) is 4.69. The molecule has 0 radical (unpaired) electrons. The molecule has 9 nitrogen and oxygen atoms in total. The molecule has 3 aromatic rings. The van der Waals surface area contributed by atoms with E-state index in [4.69, 9.17) is 5.73 Å². The summed E-state index contributed by atoms with van der Waals surface area (Å²) in [5.74, 6) is -1.02. The maximum absolute atomic E-state index is 13.1. The van der Waals surface area contributed by atoms with Gasteiger partial charge >= 0.3 is 6.18 Å². The molecule has 2 aromatic heterocycles. The number of benzene rings is 1. The fourth-order valence-electron chi connectivity index (χ4n) is 3.25. The predicted molar refractivity (Wildman–Crippen MR) is 101 cm³/mol. The minimum atomic E-state index is -4.47. The number of carbonyl (C=O) groups excluding carboxylic acids is 2. The number of nitrogens with two attached hydrogens (primary N) is 1. The second kappa shape index (κ2) is 6.90. The summed E-state index contributed by atoms with van der Waals surface area (Å²) in [5, 5.41) is 6.74. The fourth-order valence-corrected chi connectivity index (χ4v) is 3.25. The predicted octanol–water partition coefficient (Wildman–Crippen LogP) is 2.68. The van der Waals surface area contributed by atoms with Crippen molar-refractivity contribution in [2.45, 2.75) is 19.1 Å². The zero-order chi connectivity index (χ0) is 21.6. The van der Waals surface area contributed by atoms with Crippen LogP contribution in [0.2, 0.25) is 0 Å². The van der Waals surface area contributed by atoms with E-state index in [1.54, 1.807) is 6.92 Å². The van der Waals surface area contributed by atoms with E-state index in [0.29, 0.717) is 5.69 Å². The number of carbonyl (C=O) groups is 2. The number of nitrogens with zero attached hydrogens (tertiary/aromatic N) is 4. The van der Waals surface area contributed by atoms with Crippen molar-refractivity contribution in [2.75, 3.05) is 22.5 Å². The van der Waals surface area contributed by atoms with Crippen molar-refractivity contribution in [3.05, 3.63) is 53.6 Å². The highest BCUT2D eigenvalue weighted by atomic mass is 19.4. The van der Waals surface area contributed by atoms with Crippen molar-refractivity contribution in [2.24, 2.45) is 0 Å². The first kappa shape index (κ1) is 19.5. The Morgan fingerprint density at radius 3 is 2.60 bits per heavy atom. The highest BCUT2D eigenvalue weighted by Gasteiger charge is 2.35. The average Bonchev–Trinajstić information content (AvgIpc) is 3.31. The zero-order valence-electron chi connectivity index (χ0n) is 15.6. The largest absolute Gasteiger partial charge is 0.416 e. The topological polar surface area (TPSA) is 122 Å². The van der Waals surface area contributed by atoms with Gasteiger partial charge < -0.3 is 20.9 Å². The van der Waals surface area contributed by atoms with Crippen LogP contribution in [0, 0.1) is 0 Å². The molecule has 30 heavy (non-hydrogen) atoms. The lowest BCUT2D eigenvalue weighted by molar-refractivity contribution is -0.137. The number of anilines is 3. The van der Waals surface area contributed by atoms with Crippen molar-refractivity contribution >= 4 is 29.1 Å². The SMILES string of the molecule is C[C@H]1CN(c2ccc(C(F)(F)F)cc2)C(=O)c2c(NC(=O)c3c[nH]c(N)n3)cnn21. The third-order valence-corrected chi connectivity index (χ3v) is 4.69. The number of hydrogen-bond acceptors (Lipinski definition) is 5. The minimum Gasteiger partial charge on any atom is -0.369 e. The smallest absolute Gasteiger partial charge is 0.369 e. The number of nitrogen functional groups attached to an aromatic ring is 1. The van der Waals surface area contributed by atoms with Crippen LogP contribution in [0.25, 0.3) is 0 Å². The Bertz CT molecular complexity index is 1120. The van der Waals surface area contributed by atoms with Gasteiger partial charge in [0.15, 0.2) is 11.6 Å². The first-order chi connectivity index (χ1) is 14.1. The molecule has 1 aliphatic heterocycles. The summed E-state index contributed by atoms with van der Waals surface area (Å²) in [6, 6.07) is 4.05. The number of nitrogens with one attached hydrogen (secondary N) is 2. The summed E-state index contributed by atoms with van der Waals surface area (Å²) in [6.07, 6.45) is -1.81. The summed E-state index contributed by atoms with van der Waals surface area (Å²) < 4.78 is 39.9. The van der Waals surface area contributed by atoms with Crippen LogP contribution in [0.4, 0.5) is 30.5 Å². The quantitative estimate of drug-likeness (QED) is 0.603. The fraction of sp³-hybridized carbons (Fsp3) is 0.222. The van der Waals surface area contributed by atoms with Crippen molar-refractivity contribution < 1.29 is 22.8 Å². The number of aromatic amines is 1. The van der Waals surface area contributed by atoms with Crippen molar-refractivity contribution in [3.63, 3.8) is 0 Å². The molecular formula is C18H16F3N7O2. The van der Waals surface area contributed by atoms with Crippen LogP contribution in [-0.4, -0.2) is 38.1 Å². The third kappa shape index (κ3) is 3.36. The van der Waals surface area contributed by atoms with Crippen molar-refractivity contribution in [1.29, 1.82) is 0 Å². The zero-order valence-corrected chi connectivity index (χ0v) is 15.6. The number of imidazole rings is 1. The minimum absolute atomic E-state index is 0.0309. The molecule has 1 aromatic carbocycles. The molecule has 0 aliphatic carbocycles. The number of rotatable bonds is 3.